The summed E-state index contributed by atoms with van der Waals surface area (Å²) in [5.41, 5.74) is 7.22. The van der Waals surface area contributed by atoms with E-state index in [-0.39, 0.29) is 10.9 Å². The van der Waals surface area contributed by atoms with Crippen LogP contribution in [-0.4, -0.2) is 9.13 Å². The zero-order valence-electron chi connectivity index (χ0n) is 25.4. The Morgan fingerprint density at radius 3 is 1.17 bits per heavy atom. The molecule has 0 saturated heterocycles. The molecule has 46 heavy (non-hydrogen) atoms. The minimum Gasteiger partial charge on any atom is -0.343 e. The molecule has 7 aromatic carbocycles. The number of hydrogen-bond acceptors (Lipinski definition) is 2. The molecule has 2 heterocycles. The molecule has 9 aromatic rings. The predicted octanol–water partition coefficient (Wildman–Crippen LogP) is 9.34. The van der Waals surface area contributed by atoms with E-state index < -0.39 is 0 Å². The summed E-state index contributed by atoms with van der Waals surface area (Å²) in [7, 11) is 3.99. The number of benzene rings is 7. The Balaban J connectivity index is 1.39. The summed E-state index contributed by atoms with van der Waals surface area (Å²) < 4.78 is 4.16. The zero-order valence-corrected chi connectivity index (χ0v) is 25.4. The second-order valence-electron chi connectivity index (χ2n) is 12.1. The summed E-state index contributed by atoms with van der Waals surface area (Å²) in [5.74, 6) is 0. The highest BCUT2D eigenvalue weighted by atomic mass is 16.1. The fraction of sp³-hybridized carbons (Fsp3) is 0.0476. The fourth-order valence-corrected chi connectivity index (χ4v) is 7.56. The minimum absolute atomic E-state index is 0.0398. The molecule has 0 bridgehead atoms. The van der Waals surface area contributed by atoms with Gasteiger partial charge < -0.3 is 9.13 Å². The van der Waals surface area contributed by atoms with E-state index in [4.69, 9.17) is 0 Å². The highest BCUT2D eigenvalue weighted by Gasteiger charge is 2.19. The van der Waals surface area contributed by atoms with Crippen LogP contribution in [0.25, 0.3) is 87.4 Å². The minimum atomic E-state index is -0.0398. The Kier molecular flexibility index (Phi) is 5.60. The predicted molar refractivity (Wildman–Crippen MR) is 193 cm³/mol. The number of aryl methyl sites for hydroxylation is 2. The van der Waals surface area contributed by atoms with Gasteiger partial charge in [0.05, 0.1) is 22.1 Å². The molecule has 0 saturated carbocycles. The average Bonchev–Trinajstić information content (AvgIpc) is 3.11. The molecule has 0 spiro atoms. The molecular formula is C42H28N2O2. The van der Waals surface area contributed by atoms with Crippen LogP contribution < -0.4 is 10.9 Å². The molecule has 0 N–H and O–H groups in total. The van der Waals surface area contributed by atoms with Crippen molar-refractivity contribution in [2.75, 3.05) is 0 Å². The molecule has 0 radical (unpaired) electrons. The summed E-state index contributed by atoms with van der Waals surface area (Å²) in [6, 6.07) is 44.9. The smallest absolute Gasteiger partial charge is 0.197 e. The van der Waals surface area contributed by atoms with Gasteiger partial charge in [-0.1, -0.05) is 109 Å². The Morgan fingerprint density at radius 2 is 0.717 bits per heavy atom. The van der Waals surface area contributed by atoms with Gasteiger partial charge in [-0.25, -0.2) is 0 Å². The lowest BCUT2D eigenvalue weighted by molar-refractivity contribution is 0.995. The van der Waals surface area contributed by atoms with Gasteiger partial charge in [0.2, 0.25) is 0 Å². The van der Waals surface area contributed by atoms with Gasteiger partial charge in [-0.15, -0.1) is 0 Å². The van der Waals surface area contributed by atoms with Gasteiger partial charge in [0.1, 0.15) is 0 Å². The quantitative estimate of drug-likeness (QED) is 0.188. The summed E-state index contributed by atoms with van der Waals surface area (Å²) in [6.45, 7) is 0. The molecule has 9 rings (SSSR count). The van der Waals surface area contributed by atoms with Crippen molar-refractivity contribution in [1.82, 2.24) is 9.13 Å². The van der Waals surface area contributed by atoms with Crippen LogP contribution in [0.3, 0.4) is 0 Å². The highest BCUT2D eigenvalue weighted by molar-refractivity contribution is 6.11. The van der Waals surface area contributed by atoms with Crippen LogP contribution in [0.2, 0.25) is 0 Å². The summed E-state index contributed by atoms with van der Waals surface area (Å²) in [4.78, 5) is 28.6. The molecule has 0 atom stereocenters. The summed E-state index contributed by atoms with van der Waals surface area (Å²) >= 11 is 0. The van der Waals surface area contributed by atoms with Crippen molar-refractivity contribution in [3.05, 3.63) is 154 Å². The van der Waals surface area contributed by atoms with Crippen LogP contribution in [0.5, 0.6) is 0 Å². The third-order valence-corrected chi connectivity index (χ3v) is 9.72. The first-order valence-corrected chi connectivity index (χ1v) is 15.5. The summed E-state index contributed by atoms with van der Waals surface area (Å²) in [5, 5.41) is 7.05. The Labute approximate surface area is 264 Å². The van der Waals surface area contributed by atoms with Crippen LogP contribution in [-0.2, 0) is 14.1 Å². The molecule has 0 fully saturated rings. The van der Waals surface area contributed by atoms with Gasteiger partial charge >= 0.3 is 0 Å². The van der Waals surface area contributed by atoms with E-state index in [0.717, 1.165) is 65.9 Å². The molecule has 4 heteroatoms. The molecule has 0 aliphatic rings. The summed E-state index contributed by atoms with van der Waals surface area (Å²) in [6.07, 6.45) is 0. The van der Waals surface area contributed by atoms with Crippen molar-refractivity contribution < 1.29 is 0 Å². The van der Waals surface area contributed by atoms with Crippen molar-refractivity contribution in [3.8, 4) is 22.3 Å². The van der Waals surface area contributed by atoms with E-state index in [1.165, 1.54) is 0 Å². The SMILES string of the molecule is Cn1c2cc3c(=O)c4cccc(-c5cccc6ccccc56)c4n(C)c3cc2c(=O)c2cccc(-c3cccc4ccccc34)c21. The maximum absolute atomic E-state index is 14.3. The van der Waals surface area contributed by atoms with Gasteiger partial charge in [-0.2, -0.15) is 0 Å². The van der Waals surface area contributed by atoms with E-state index in [9.17, 15) is 9.59 Å². The Bertz CT molecular complexity index is 2670. The van der Waals surface area contributed by atoms with Crippen LogP contribution in [0, 0.1) is 0 Å². The second kappa shape index (κ2) is 9.75. The Morgan fingerprint density at radius 1 is 0.370 bits per heavy atom. The van der Waals surface area contributed by atoms with Crippen molar-refractivity contribution in [2.45, 2.75) is 0 Å². The first-order chi connectivity index (χ1) is 22.5. The second-order valence-corrected chi connectivity index (χ2v) is 12.1. The van der Waals surface area contributed by atoms with E-state index in [0.29, 0.717) is 21.5 Å². The van der Waals surface area contributed by atoms with E-state index in [2.05, 4.69) is 81.9 Å². The first-order valence-electron chi connectivity index (χ1n) is 15.5. The lowest BCUT2D eigenvalue weighted by Gasteiger charge is -2.18. The number of aromatic nitrogens is 2. The third kappa shape index (κ3) is 3.61. The van der Waals surface area contributed by atoms with E-state index in [1.807, 2.05) is 74.8 Å². The van der Waals surface area contributed by atoms with Crippen LogP contribution in [0.1, 0.15) is 0 Å². The molecule has 0 aliphatic heterocycles. The third-order valence-electron chi connectivity index (χ3n) is 9.72. The Hall–Kier alpha value is -6.00. The topological polar surface area (TPSA) is 44.0 Å². The number of hydrogen-bond donors (Lipinski definition) is 0. The van der Waals surface area contributed by atoms with Gasteiger partial charge in [0.25, 0.3) is 0 Å². The molecular weight excluding hydrogens is 564 g/mol. The lowest BCUT2D eigenvalue weighted by atomic mass is 9.94. The standard InChI is InChI=1S/C42H28N2O2/c1-43-37-23-36-38(44(2)40-32(20-10-22-34(40)42(36)46)30-18-8-14-26-12-4-6-16-28(26)30)24-35(37)41(45)33-21-9-19-31(39(33)43)29-17-7-13-25-11-3-5-15-27(25)29/h3-24H,1-2H3. The highest BCUT2D eigenvalue weighted by Crippen LogP contribution is 2.37. The largest absolute Gasteiger partial charge is 0.343 e. The number of fused-ring (bicyclic) bond motifs is 6. The van der Waals surface area contributed by atoms with Crippen molar-refractivity contribution in [1.29, 1.82) is 0 Å². The maximum Gasteiger partial charge on any atom is 0.197 e. The van der Waals surface area contributed by atoms with Gasteiger partial charge in [-0.05, 0) is 56.9 Å². The van der Waals surface area contributed by atoms with Crippen LogP contribution >= 0.6 is 0 Å². The lowest BCUT2D eigenvalue weighted by Crippen LogP contribution is -2.14. The zero-order chi connectivity index (χ0) is 31.1. The van der Waals surface area contributed by atoms with Crippen LogP contribution in [0.4, 0.5) is 0 Å². The van der Waals surface area contributed by atoms with Gasteiger partial charge in [-0.3, -0.25) is 9.59 Å². The number of para-hydroxylation sites is 2. The molecule has 0 aliphatic carbocycles. The van der Waals surface area contributed by atoms with Gasteiger partial charge in [0, 0.05) is 46.8 Å². The molecule has 0 unspecified atom stereocenters. The van der Waals surface area contributed by atoms with Gasteiger partial charge in [0.15, 0.2) is 10.9 Å². The van der Waals surface area contributed by atoms with E-state index in [1.54, 1.807) is 0 Å². The maximum atomic E-state index is 14.3. The number of nitrogens with zero attached hydrogens (tertiary/aromatic N) is 2. The van der Waals surface area contributed by atoms with E-state index >= 15 is 0 Å². The number of rotatable bonds is 2. The van der Waals surface area contributed by atoms with Crippen LogP contribution in [0.15, 0.2) is 143 Å². The molecule has 218 valence electrons. The monoisotopic (exact) mass is 592 g/mol. The normalized spacial score (nSPS) is 11.9. The van der Waals surface area contributed by atoms with Crippen molar-refractivity contribution in [2.24, 2.45) is 14.1 Å². The van der Waals surface area contributed by atoms with Crippen molar-refractivity contribution >= 4 is 65.2 Å². The number of pyridine rings is 2. The fourth-order valence-electron chi connectivity index (χ4n) is 7.56. The average molecular weight is 593 g/mol. The molecule has 4 nitrogen and oxygen atoms in total. The van der Waals surface area contributed by atoms with Crippen molar-refractivity contribution in [3.63, 3.8) is 0 Å². The first kappa shape index (κ1) is 26.4. The molecule has 2 aromatic heterocycles. The molecule has 0 amide bonds.